The fourth-order valence-corrected chi connectivity index (χ4v) is 1.73. The maximum absolute atomic E-state index is 2.28. The molecule has 0 atom stereocenters. The highest BCUT2D eigenvalue weighted by atomic mass is 14.9. The molecule has 0 aliphatic heterocycles. The molecular formula is C12H15N. The van der Waals surface area contributed by atoms with E-state index in [2.05, 4.69) is 49.7 Å². The van der Waals surface area contributed by atoms with E-state index in [9.17, 15) is 0 Å². The van der Waals surface area contributed by atoms with Gasteiger partial charge in [0.05, 0.1) is 0 Å². The number of rotatable bonds is 1. The lowest BCUT2D eigenvalue weighted by atomic mass is 10.1. The van der Waals surface area contributed by atoms with Gasteiger partial charge in [0.2, 0.25) is 0 Å². The lowest BCUT2D eigenvalue weighted by Crippen LogP contribution is -1.91. The molecule has 0 spiro atoms. The number of hydrogen-bond acceptors (Lipinski definition) is 0. The van der Waals surface area contributed by atoms with Crippen LogP contribution < -0.4 is 0 Å². The molecular weight excluding hydrogens is 158 g/mol. The van der Waals surface area contributed by atoms with Gasteiger partial charge in [-0.3, -0.25) is 0 Å². The summed E-state index contributed by atoms with van der Waals surface area (Å²) in [6.45, 7) is 7.56. The highest BCUT2D eigenvalue weighted by Crippen LogP contribution is 2.20. The minimum atomic E-state index is 1.05. The minimum absolute atomic E-state index is 1.05. The molecule has 1 aromatic heterocycles. The van der Waals surface area contributed by atoms with Crippen molar-refractivity contribution >= 4 is 10.9 Å². The van der Waals surface area contributed by atoms with Gasteiger partial charge in [0.1, 0.15) is 0 Å². The summed E-state index contributed by atoms with van der Waals surface area (Å²) in [4.78, 5) is 0. The van der Waals surface area contributed by atoms with Crippen molar-refractivity contribution in [3.63, 3.8) is 0 Å². The van der Waals surface area contributed by atoms with Crippen LogP contribution in [0.15, 0.2) is 24.4 Å². The SMILES string of the molecule is CCn1ccc2cc(C)c(C)cc21. The Morgan fingerprint density at radius 2 is 1.85 bits per heavy atom. The van der Waals surface area contributed by atoms with Crippen molar-refractivity contribution in [2.45, 2.75) is 27.3 Å². The maximum Gasteiger partial charge on any atom is 0.0483 e. The smallest absolute Gasteiger partial charge is 0.0483 e. The summed E-state index contributed by atoms with van der Waals surface area (Å²) in [7, 11) is 0. The van der Waals surface area contributed by atoms with Crippen LogP contribution in [0.1, 0.15) is 18.1 Å². The third-order valence-corrected chi connectivity index (χ3v) is 2.73. The van der Waals surface area contributed by atoms with Crippen LogP contribution in [-0.2, 0) is 6.54 Å². The molecule has 13 heavy (non-hydrogen) atoms. The van der Waals surface area contributed by atoms with Gasteiger partial charge in [-0.15, -0.1) is 0 Å². The Morgan fingerprint density at radius 1 is 1.15 bits per heavy atom. The van der Waals surface area contributed by atoms with E-state index in [1.165, 1.54) is 22.0 Å². The summed E-state index contributed by atoms with van der Waals surface area (Å²) in [6, 6.07) is 6.72. The summed E-state index contributed by atoms with van der Waals surface area (Å²) in [5.41, 5.74) is 4.10. The molecule has 2 rings (SSSR count). The van der Waals surface area contributed by atoms with Crippen molar-refractivity contribution in [1.29, 1.82) is 0 Å². The fourth-order valence-electron chi connectivity index (χ4n) is 1.73. The lowest BCUT2D eigenvalue weighted by molar-refractivity contribution is 0.797. The summed E-state index contributed by atoms with van der Waals surface area (Å²) < 4.78 is 2.28. The molecule has 1 heterocycles. The van der Waals surface area contributed by atoms with Crippen LogP contribution in [0.4, 0.5) is 0 Å². The van der Waals surface area contributed by atoms with E-state index in [1.807, 2.05) is 0 Å². The quantitative estimate of drug-likeness (QED) is 0.623. The van der Waals surface area contributed by atoms with Crippen molar-refractivity contribution in [3.05, 3.63) is 35.5 Å². The van der Waals surface area contributed by atoms with Gasteiger partial charge in [-0.1, -0.05) is 0 Å². The first-order chi connectivity index (χ1) is 6.22. The van der Waals surface area contributed by atoms with Gasteiger partial charge in [0, 0.05) is 18.3 Å². The summed E-state index contributed by atoms with van der Waals surface area (Å²) in [5.74, 6) is 0. The predicted molar refractivity (Wildman–Crippen MR) is 57.1 cm³/mol. The third kappa shape index (κ3) is 1.24. The van der Waals surface area contributed by atoms with E-state index >= 15 is 0 Å². The van der Waals surface area contributed by atoms with Crippen LogP contribution >= 0.6 is 0 Å². The molecule has 0 bridgehead atoms. The zero-order valence-electron chi connectivity index (χ0n) is 8.46. The standard InChI is InChI=1S/C12H15N/c1-4-13-6-5-11-7-9(2)10(3)8-12(11)13/h5-8H,4H2,1-3H3. The molecule has 0 saturated heterocycles. The molecule has 1 aromatic carbocycles. The first kappa shape index (κ1) is 8.36. The van der Waals surface area contributed by atoms with Crippen molar-refractivity contribution in [3.8, 4) is 0 Å². The Bertz CT molecular complexity index is 438. The van der Waals surface area contributed by atoms with Gasteiger partial charge in [-0.25, -0.2) is 0 Å². The Balaban J connectivity index is 2.77. The van der Waals surface area contributed by atoms with Crippen LogP contribution in [0.2, 0.25) is 0 Å². The highest BCUT2D eigenvalue weighted by Gasteiger charge is 2.01. The fraction of sp³-hybridized carbons (Fsp3) is 0.333. The Labute approximate surface area is 79.0 Å². The first-order valence-electron chi connectivity index (χ1n) is 4.78. The van der Waals surface area contributed by atoms with Crippen molar-refractivity contribution < 1.29 is 0 Å². The number of aryl methyl sites for hydroxylation is 3. The molecule has 0 N–H and O–H groups in total. The monoisotopic (exact) mass is 173 g/mol. The van der Waals surface area contributed by atoms with Gasteiger partial charge >= 0.3 is 0 Å². The molecule has 2 aromatic rings. The van der Waals surface area contributed by atoms with Gasteiger partial charge in [0.25, 0.3) is 0 Å². The van der Waals surface area contributed by atoms with E-state index in [0.29, 0.717) is 0 Å². The van der Waals surface area contributed by atoms with Gasteiger partial charge in [-0.2, -0.15) is 0 Å². The molecule has 0 aliphatic rings. The number of benzene rings is 1. The Kier molecular flexibility index (Phi) is 1.87. The molecule has 0 amide bonds. The van der Waals surface area contributed by atoms with E-state index in [-0.39, 0.29) is 0 Å². The normalized spacial score (nSPS) is 11.0. The number of aromatic nitrogens is 1. The second-order valence-corrected chi connectivity index (χ2v) is 3.60. The van der Waals surface area contributed by atoms with E-state index in [0.717, 1.165) is 6.54 Å². The maximum atomic E-state index is 2.28. The zero-order valence-corrected chi connectivity index (χ0v) is 8.46. The number of hydrogen-bond donors (Lipinski definition) is 0. The Morgan fingerprint density at radius 3 is 2.54 bits per heavy atom. The topological polar surface area (TPSA) is 4.93 Å². The summed E-state index contributed by atoms with van der Waals surface area (Å²) >= 11 is 0. The molecule has 0 unspecified atom stereocenters. The minimum Gasteiger partial charge on any atom is -0.348 e. The van der Waals surface area contributed by atoms with Crippen molar-refractivity contribution in [1.82, 2.24) is 4.57 Å². The average Bonchev–Trinajstić information content (AvgIpc) is 2.48. The zero-order chi connectivity index (χ0) is 9.42. The molecule has 1 heteroatoms. The molecule has 0 aliphatic carbocycles. The van der Waals surface area contributed by atoms with Crippen LogP contribution in [0.5, 0.6) is 0 Å². The van der Waals surface area contributed by atoms with Gasteiger partial charge in [-0.05, 0) is 55.5 Å². The van der Waals surface area contributed by atoms with Crippen molar-refractivity contribution in [2.75, 3.05) is 0 Å². The van der Waals surface area contributed by atoms with Crippen LogP contribution in [-0.4, -0.2) is 4.57 Å². The number of nitrogens with zero attached hydrogens (tertiary/aromatic N) is 1. The second kappa shape index (κ2) is 2.91. The van der Waals surface area contributed by atoms with Crippen LogP contribution in [0.3, 0.4) is 0 Å². The van der Waals surface area contributed by atoms with Crippen LogP contribution in [0, 0.1) is 13.8 Å². The largest absolute Gasteiger partial charge is 0.348 e. The number of fused-ring (bicyclic) bond motifs is 1. The van der Waals surface area contributed by atoms with Crippen LogP contribution in [0.25, 0.3) is 10.9 Å². The second-order valence-electron chi connectivity index (χ2n) is 3.60. The summed E-state index contributed by atoms with van der Waals surface area (Å²) in [5, 5.41) is 1.35. The van der Waals surface area contributed by atoms with Gasteiger partial charge < -0.3 is 4.57 Å². The average molecular weight is 173 g/mol. The Hall–Kier alpha value is -1.24. The lowest BCUT2D eigenvalue weighted by Gasteiger charge is -2.03. The van der Waals surface area contributed by atoms with E-state index in [1.54, 1.807) is 0 Å². The summed E-state index contributed by atoms with van der Waals surface area (Å²) in [6.07, 6.45) is 2.16. The molecule has 68 valence electrons. The molecule has 0 saturated carbocycles. The molecule has 0 radical (unpaired) electrons. The third-order valence-electron chi connectivity index (χ3n) is 2.73. The van der Waals surface area contributed by atoms with Crippen molar-refractivity contribution in [2.24, 2.45) is 0 Å². The molecule has 0 fully saturated rings. The first-order valence-corrected chi connectivity index (χ1v) is 4.78. The molecule has 1 nitrogen and oxygen atoms in total. The van der Waals surface area contributed by atoms with E-state index < -0.39 is 0 Å². The van der Waals surface area contributed by atoms with Gasteiger partial charge in [0.15, 0.2) is 0 Å². The predicted octanol–water partition coefficient (Wildman–Crippen LogP) is 3.28. The highest BCUT2D eigenvalue weighted by molar-refractivity contribution is 5.81. The van der Waals surface area contributed by atoms with E-state index in [4.69, 9.17) is 0 Å².